The van der Waals surface area contributed by atoms with E-state index in [-0.39, 0.29) is 36.6 Å². The summed E-state index contributed by atoms with van der Waals surface area (Å²) in [5.41, 5.74) is 1.89. The third-order valence-corrected chi connectivity index (χ3v) is 8.10. The number of amides is 5. The zero-order valence-corrected chi connectivity index (χ0v) is 26.3. The minimum absolute atomic E-state index is 0.188. The van der Waals surface area contributed by atoms with Crippen LogP contribution in [0, 0.1) is 5.92 Å². The van der Waals surface area contributed by atoms with Crippen molar-refractivity contribution >= 4 is 45.8 Å². The third kappa shape index (κ3) is 7.32. The summed E-state index contributed by atoms with van der Waals surface area (Å²) < 4.78 is 11.6. The van der Waals surface area contributed by atoms with Crippen LogP contribution in [0.2, 0.25) is 0 Å². The smallest absolute Gasteiger partial charge is 0.323 e. The number of hydrogen-bond donors (Lipinski definition) is 4. The number of carbonyl (C=O) groups is 3. The van der Waals surface area contributed by atoms with Crippen molar-refractivity contribution in [2.45, 2.75) is 26.0 Å². The molecule has 0 aromatic heterocycles. The first-order valence-electron chi connectivity index (χ1n) is 15.1. The molecule has 0 saturated carbocycles. The highest BCUT2D eigenvalue weighted by Crippen LogP contribution is 2.31. The van der Waals surface area contributed by atoms with Crippen LogP contribution in [-0.2, 0) is 0 Å². The van der Waals surface area contributed by atoms with Gasteiger partial charge in [-0.2, -0.15) is 0 Å². The van der Waals surface area contributed by atoms with E-state index in [4.69, 9.17) is 9.47 Å². The lowest BCUT2D eigenvalue weighted by Gasteiger charge is -2.38. The van der Waals surface area contributed by atoms with E-state index < -0.39 is 18.2 Å². The highest BCUT2D eigenvalue weighted by atomic mass is 16.5. The predicted molar refractivity (Wildman–Crippen MR) is 179 cm³/mol. The Balaban J connectivity index is 1.34. The molecule has 11 nitrogen and oxygen atoms in total. The molecule has 0 saturated heterocycles. The van der Waals surface area contributed by atoms with Gasteiger partial charge in [-0.05, 0) is 60.8 Å². The maximum absolute atomic E-state index is 13.8. The van der Waals surface area contributed by atoms with Crippen LogP contribution in [0.5, 0.6) is 11.5 Å². The van der Waals surface area contributed by atoms with Gasteiger partial charge >= 0.3 is 12.1 Å². The van der Waals surface area contributed by atoms with Crippen LogP contribution in [0.15, 0.2) is 84.9 Å². The van der Waals surface area contributed by atoms with Crippen molar-refractivity contribution < 1.29 is 29.0 Å². The summed E-state index contributed by atoms with van der Waals surface area (Å²) in [6, 6.07) is 24.1. The normalized spacial score (nSPS) is 16.7. The number of likely N-dealkylation sites (N-methyl/N-ethyl adjacent to an activating group) is 1. The van der Waals surface area contributed by atoms with Gasteiger partial charge in [0.15, 0.2) is 0 Å². The van der Waals surface area contributed by atoms with Gasteiger partial charge in [0, 0.05) is 36.3 Å². The van der Waals surface area contributed by atoms with Crippen molar-refractivity contribution in [2.75, 3.05) is 49.8 Å². The largest absolute Gasteiger partial charge is 0.497 e. The van der Waals surface area contributed by atoms with Gasteiger partial charge < -0.3 is 40.3 Å². The third-order valence-electron chi connectivity index (χ3n) is 8.10. The van der Waals surface area contributed by atoms with Gasteiger partial charge in [-0.25, -0.2) is 9.59 Å². The molecule has 240 valence electrons. The van der Waals surface area contributed by atoms with Crippen LogP contribution >= 0.6 is 0 Å². The number of fused-ring (bicyclic) bond motifs is 2. The fourth-order valence-corrected chi connectivity index (χ4v) is 5.38. The Morgan fingerprint density at radius 1 is 1.00 bits per heavy atom. The molecular formula is C35H39N5O6. The average Bonchev–Trinajstić information content (AvgIpc) is 3.06. The van der Waals surface area contributed by atoms with E-state index in [1.54, 1.807) is 73.3 Å². The van der Waals surface area contributed by atoms with E-state index in [0.717, 1.165) is 10.8 Å². The monoisotopic (exact) mass is 625 g/mol. The number of anilines is 3. The zero-order chi connectivity index (χ0) is 32.8. The Hall–Kier alpha value is -5.29. The number of nitrogens with zero attached hydrogens (tertiary/aromatic N) is 2. The standard InChI is InChI=1S/C35H39N5O6/c1-22-19-40(23(2)21-41)33(42)29-18-26(37-34(43)36-25-12-15-27(45-4)16-13-25)14-17-31(29)46-32(22)20-39(3)35(44)38-30-11-7-9-24-8-5-6-10-28(24)30/h5-18,22-23,32,41H,19-21H2,1-4H3,(H,38,44)(H2,36,37,43)/t22-,23-,32-/m0/s1. The van der Waals surface area contributed by atoms with E-state index >= 15 is 0 Å². The Morgan fingerprint density at radius 3 is 2.43 bits per heavy atom. The fraction of sp³-hybridized carbons (Fsp3) is 0.286. The molecule has 0 fully saturated rings. The van der Waals surface area contributed by atoms with Gasteiger partial charge in [0.1, 0.15) is 17.6 Å². The Morgan fingerprint density at radius 2 is 1.70 bits per heavy atom. The number of nitrogens with one attached hydrogen (secondary N) is 3. The Bertz CT molecular complexity index is 1710. The second kappa shape index (κ2) is 14.2. The molecule has 0 unspecified atom stereocenters. The molecule has 3 atom stereocenters. The summed E-state index contributed by atoms with van der Waals surface area (Å²) in [5, 5.41) is 20.5. The van der Waals surface area contributed by atoms with Gasteiger partial charge in [-0.3, -0.25) is 4.79 Å². The molecule has 5 amide bonds. The van der Waals surface area contributed by atoms with Crippen LogP contribution in [0.25, 0.3) is 10.8 Å². The van der Waals surface area contributed by atoms with Gasteiger partial charge in [0.05, 0.1) is 37.6 Å². The second-order valence-corrected chi connectivity index (χ2v) is 11.5. The topological polar surface area (TPSA) is 132 Å². The number of methoxy groups -OCH3 is 1. The summed E-state index contributed by atoms with van der Waals surface area (Å²) in [6.07, 6.45) is -0.485. The van der Waals surface area contributed by atoms with Crippen molar-refractivity contribution in [1.29, 1.82) is 0 Å². The lowest BCUT2D eigenvalue weighted by atomic mass is 9.99. The average molecular weight is 626 g/mol. The van der Waals surface area contributed by atoms with E-state index in [1.165, 1.54) is 0 Å². The molecule has 1 heterocycles. The van der Waals surface area contributed by atoms with E-state index in [0.29, 0.717) is 35.1 Å². The van der Waals surface area contributed by atoms with Crippen molar-refractivity contribution in [3.05, 3.63) is 90.5 Å². The second-order valence-electron chi connectivity index (χ2n) is 11.5. The number of carbonyl (C=O) groups excluding carboxylic acids is 3. The van der Waals surface area contributed by atoms with E-state index in [2.05, 4.69) is 16.0 Å². The van der Waals surface area contributed by atoms with Crippen LogP contribution in [0.1, 0.15) is 24.2 Å². The van der Waals surface area contributed by atoms with E-state index in [1.807, 2.05) is 49.4 Å². The lowest BCUT2D eigenvalue weighted by Crippen LogP contribution is -2.50. The zero-order valence-electron chi connectivity index (χ0n) is 26.3. The molecule has 0 spiro atoms. The quantitative estimate of drug-likeness (QED) is 0.194. The number of hydrogen-bond acceptors (Lipinski definition) is 6. The summed E-state index contributed by atoms with van der Waals surface area (Å²) >= 11 is 0. The molecule has 0 aliphatic carbocycles. The molecule has 0 radical (unpaired) electrons. The predicted octanol–water partition coefficient (Wildman–Crippen LogP) is 5.88. The summed E-state index contributed by atoms with van der Waals surface area (Å²) in [7, 11) is 3.26. The van der Waals surface area contributed by atoms with Crippen molar-refractivity contribution in [3.8, 4) is 11.5 Å². The number of aliphatic hydroxyl groups is 1. The van der Waals surface area contributed by atoms with Crippen molar-refractivity contribution in [3.63, 3.8) is 0 Å². The molecule has 5 rings (SSSR count). The Kier molecular flexibility index (Phi) is 9.92. The summed E-state index contributed by atoms with van der Waals surface area (Å²) in [6.45, 7) is 4.02. The summed E-state index contributed by atoms with van der Waals surface area (Å²) in [4.78, 5) is 43.0. The number of rotatable bonds is 8. The molecule has 1 aliphatic heterocycles. The number of aliphatic hydroxyl groups excluding tert-OH is 1. The number of urea groups is 2. The fourth-order valence-electron chi connectivity index (χ4n) is 5.38. The van der Waals surface area contributed by atoms with Gasteiger partial charge in [0.25, 0.3) is 5.91 Å². The van der Waals surface area contributed by atoms with E-state index in [9.17, 15) is 19.5 Å². The molecule has 0 bridgehead atoms. The lowest BCUT2D eigenvalue weighted by molar-refractivity contribution is 0.0371. The molecule has 4 aromatic rings. The maximum Gasteiger partial charge on any atom is 0.323 e. The van der Waals surface area contributed by atoms with Gasteiger partial charge in [-0.1, -0.05) is 43.3 Å². The number of benzene rings is 4. The number of ether oxygens (including phenoxy) is 2. The molecule has 4 aromatic carbocycles. The molecule has 1 aliphatic rings. The molecule has 4 N–H and O–H groups in total. The maximum atomic E-state index is 13.8. The molecule has 11 heteroatoms. The first kappa shape index (κ1) is 32.1. The van der Waals surface area contributed by atoms with Crippen molar-refractivity contribution in [1.82, 2.24) is 9.80 Å². The SMILES string of the molecule is COc1ccc(NC(=O)Nc2ccc3c(c2)C(=O)N([C@@H](C)CO)C[C@H](C)[C@H](CN(C)C(=O)Nc2cccc4ccccc24)O3)cc1. The van der Waals surface area contributed by atoms with Gasteiger partial charge in [-0.15, -0.1) is 0 Å². The minimum atomic E-state index is -0.491. The van der Waals surface area contributed by atoms with Crippen LogP contribution in [0.4, 0.5) is 26.7 Å². The first-order valence-corrected chi connectivity index (χ1v) is 15.1. The summed E-state index contributed by atoms with van der Waals surface area (Å²) in [5.74, 6) is 0.466. The highest BCUT2D eigenvalue weighted by molar-refractivity contribution is 6.03. The molecule has 46 heavy (non-hydrogen) atoms. The highest BCUT2D eigenvalue weighted by Gasteiger charge is 2.34. The van der Waals surface area contributed by atoms with Crippen LogP contribution in [-0.4, -0.2) is 78.9 Å². The first-order chi connectivity index (χ1) is 22.2. The van der Waals surface area contributed by atoms with Gasteiger partial charge in [0.2, 0.25) is 0 Å². The Labute approximate surface area is 268 Å². The molecular weight excluding hydrogens is 586 g/mol. The van der Waals surface area contributed by atoms with Crippen LogP contribution < -0.4 is 25.4 Å². The van der Waals surface area contributed by atoms with Crippen molar-refractivity contribution in [2.24, 2.45) is 5.92 Å². The van der Waals surface area contributed by atoms with Crippen LogP contribution in [0.3, 0.4) is 0 Å². The minimum Gasteiger partial charge on any atom is -0.497 e.